The van der Waals surface area contributed by atoms with E-state index in [9.17, 15) is 0 Å². The SMILES string of the molecule is [CH2]c1cc(CCCCCCCCCCCCCC)cc(CCCCCCCCCCCCCC)c1. The molecule has 1 aromatic carbocycles. The smallest absolute Gasteiger partial charge is 0.0238 e. The first-order valence-electron chi connectivity index (χ1n) is 16.2. The van der Waals surface area contributed by atoms with Crippen LogP contribution >= 0.6 is 0 Å². The standard InChI is InChI=1S/C35H63/c1-4-6-8-10-12-14-16-18-20-22-24-26-28-34-30-33(3)31-35(32-34)29-27-25-23-21-19-17-15-13-11-9-7-5-2/h30-32H,3-29H2,1-2H3. The van der Waals surface area contributed by atoms with Crippen molar-refractivity contribution < 1.29 is 0 Å². The van der Waals surface area contributed by atoms with Gasteiger partial charge in [0.05, 0.1) is 0 Å². The summed E-state index contributed by atoms with van der Waals surface area (Å²) in [7, 11) is 0. The summed E-state index contributed by atoms with van der Waals surface area (Å²) < 4.78 is 0. The molecular weight excluding hydrogens is 420 g/mol. The lowest BCUT2D eigenvalue weighted by Crippen LogP contribution is -1.93. The quantitative estimate of drug-likeness (QED) is 0.115. The number of unbranched alkanes of at least 4 members (excludes halogenated alkanes) is 22. The lowest BCUT2D eigenvalue weighted by atomic mass is 9.97. The van der Waals surface area contributed by atoms with Gasteiger partial charge in [-0.15, -0.1) is 0 Å². The second-order valence-electron chi connectivity index (χ2n) is 11.4. The van der Waals surface area contributed by atoms with Crippen LogP contribution in [0.4, 0.5) is 0 Å². The summed E-state index contributed by atoms with van der Waals surface area (Å²) in [5.41, 5.74) is 4.27. The molecule has 0 aliphatic carbocycles. The Balaban J connectivity index is 1.99. The Morgan fingerprint density at radius 2 is 0.629 bits per heavy atom. The summed E-state index contributed by atoms with van der Waals surface area (Å²) in [5, 5.41) is 0. The molecule has 0 heterocycles. The van der Waals surface area contributed by atoms with Crippen molar-refractivity contribution in [1.82, 2.24) is 0 Å². The molecule has 0 bridgehead atoms. The lowest BCUT2D eigenvalue weighted by Gasteiger charge is -2.08. The van der Waals surface area contributed by atoms with E-state index in [1.807, 2.05) is 0 Å². The Morgan fingerprint density at radius 3 is 0.914 bits per heavy atom. The molecule has 0 aromatic heterocycles. The second kappa shape index (κ2) is 24.9. The van der Waals surface area contributed by atoms with Gasteiger partial charge in [0.25, 0.3) is 0 Å². The molecule has 0 saturated heterocycles. The average molecular weight is 484 g/mol. The van der Waals surface area contributed by atoms with Crippen LogP contribution in [-0.2, 0) is 12.8 Å². The average Bonchev–Trinajstić information content (AvgIpc) is 2.85. The van der Waals surface area contributed by atoms with Gasteiger partial charge in [0.2, 0.25) is 0 Å². The Labute approximate surface area is 222 Å². The maximum absolute atomic E-state index is 4.26. The molecule has 0 spiro atoms. The zero-order chi connectivity index (χ0) is 25.2. The molecular formula is C35H63. The molecule has 0 N–H and O–H groups in total. The third kappa shape index (κ3) is 21.0. The van der Waals surface area contributed by atoms with Crippen molar-refractivity contribution in [2.75, 3.05) is 0 Å². The number of rotatable bonds is 26. The third-order valence-electron chi connectivity index (χ3n) is 7.75. The van der Waals surface area contributed by atoms with Crippen molar-refractivity contribution in [1.29, 1.82) is 0 Å². The van der Waals surface area contributed by atoms with Crippen LogP contribution in [0.3, 0.4) is 0 Å². The minimum Gasteiger partial charge on any atom is -0.0654 e. The fourth-order valence-electron chi connectivity index (χ4n) is 5.47. The molecule has 1 aromatic rings. The number of hydrogen-bond acceptors (Lipinski definition) is 0. The third-order valence-corrected chi connectivity index (χ3v) is 7.75. The van der Waals surface area contributed by atoms with Gasteiger partial charge in [0.1, 0.15) is 0 Å². The van der Waals surface area contributed by atoms with E-state index in [4.69, 9.17) is 0 Å². The maximum Gasteiger partial charge on any atom is -0.0238 e. The van der Waals surface area contributed by atoms with Gasteiger partial charge in [-0.1, -0.05) is 173 Å². The van der Waals surface area contributed by atoms with Gasteiger partial charge >= 0.3 is 0 Å². The topological polar surface area (TPSA) is 0 Å². The summed E-state index contributed by atoms with van der Waals surface area (Å²) in [5.74, 6) is 0. The molecule has 0 amide bonds. The minimum atomic E-state index is 1.22. The molecule has 0 fully saturated rings. The Bertz CT molecular complexity index is 511. The van der Waals surface area contributed by atoms with Gasteiger partial charge in [0, 0.05) is 0 Å². The summed E-state index contributed by atoms with van der Waals surface area (Å²) in [4.78, 5) is 0. The zero-order valence-electron chi connectivity index (χ0n) is 24.3. The molecule has 0 saturated carbocycles. The summed E-state index contributed by atoms with van der Waals surface area (Å²) in [6, 6.07) is 7.13. The first kappa shape index (κ1) is 32.2. The van der Waals surface area contributed by atoms with Crippen LogP contribution in [0.25, 0.3) is 0 Å². The van der Waals surface area contributed by atoms with Crippen molar-refractivity contribution in [3.8, 4) is 0 Å². The van der Waals surface area contributed by atoms with E-state index in [1.54, 1.807) is 0 Å². The van der Waals surface area contributed by atoms with Gasteiger partial charge in [-0.2, -0.15) is 0 Å². The first-order valence-corrected chi connectivity index (χ1v) is 16.2. The van der Waals surface area contributed by atoms with E-state index < -0.39 is 0 Å². The Morgan fingerprint density at radius 1 is 0.371 bits per heavy atom. The predicted octanol–water partition coefficient (Wildman–Crippen LogP) is 12.4. The van der Waals surface area contributed by atoms with Crippen molar-refractivity contribution in [2.24, 2.45) is 0 Å². The molecule has 0 aliphatic heterocycles. The predicted molar refractivity (Wildman–Crippen MR) is 160 cm³/mol. The van der Waals surface area contributed by atoms with E-state index in [0.29, 0.717) is 0 Å². The fraction of sp³-hybridized carbons (Fsp3) is 0.800. The van der Waals surface area contributed by atoms with E-state index in [0.717, 1.165) is 0 Å². The Kier molecular flexibility index (Phi) is 22.9. The largest absolute Gasteiger partial charge is 0.0654 e. The van der Waals surface area contributed by atoms with Crippen LogP contribution in [0.2, 0.25) is 0 Å². The van der Waals surface area contributed by atoms with Gasteiger partial charge in [-0.25, -0.2) is 0 Å². The normalized spacial score (nSPS) is 11.4. The van der Waals surface area contributed by atoms with Crippen LogP contribution in [0.1, 0.15) is 185 Å². The minimum absolute atomic E-state index is 1.22. The Hall–Kier alpha value is -0.780. The van der Waals surface area contributed by atoms with Crippen LogP contribution in [0.5, 0.6) is 0 Å². The number of benzene rings is 1. The summed E-state index contributed by atoms with van der Waals surface area (Å²) in [6.45, 7) is 8.86. The van der Waals surface area contributed by atoms with Crippen molar-refractivity contribution in [3.05, 3.63) is 41.8 Å². The van der Waals surface area contributed by atoms with Crippen molar-refractivity contribution in [2.45, 2.75) is 181 Å². The number of hydrogen-bond donors (Lipinski definition) is 0. The molecule has 1 rings (SSSR count). The summed E-state index contributed by atoms with van der Waals surface area (Å²) in [6.07, 6.45) is 36.7. The molecule has 0 nitrogen and oxygen atoms in total. The fourth-order valence-corrected chi connectivity index (χ4v) is 5.47. The highest BCUT2D eigenvalue weighted by Gasteiger charge is 2.01. The van der Waals surface area contributed by atoms with Gasteiger partial charge in [-0.05, 0) is 49.3 Å². The zero-order valence-corrected chi connectivity index (χ0v) is 24.3. The van der Waals surface area contributed by atoms with E-state index in [1.165, 1.54) is 184 Å². The van der Waals surface area contributed by atoms with Crippen LogP contribution in [-0.4, -0.2) is 0 Å². The number of aryl methyl sites for hydroxylation is 2. The van der Waals surface area contributed by atoms with Crippen molar-refractivity contribution in [3.63, 3.8) is 0 Å². The summed E-state index contributed by atoms with van der Waals surface area (Å²) >= 11 is 0. The molecule has 0 aliphatic rings. The van der Waals surface area contributed by atoms with E-state index >= 15 is 0 Å². The van der Waals surface area contributed by atoms with E-state index in [-0.39, 0.29) is 0 Å². The maximum atomic E-state index is 4.26. The first-order chi connectivity index (χ1) is 17.3. The molecule has 203 valence electrons. The van der Waals surface area contributed by atoms with Gasteiger partial charge in [-0.3, -0.25) is 0 Å². The van der Waals surface area contributed by atoms with E-state index in [2.05, 4.69) is 39.0 Å². The van der Waals surface area contributed by atoms with Crippen molar-refractivity contribution >= 4 is 0 Å². The lowest BCUT2D eigenvalue weighted by molar-refractivity contribution is 0.543. The molecule has 0 atom stereocenters. The highest BCUT2D eigenvalue weighted by Crippen LogP contribution is 2.18. The van der Waals surface area contributed by atoms with Gasteiger partial charge in [0.15, 0.2) is 0 Å². The van der Waals surface area contributed by atoms with Crippen LogP contribution < -0.4 is 0 Å². The molecule has 35 heavy (non-hydrogen) atoms. The molecule has 0 heteroatoms. The monoisotopic (exact) mass is 483 g/mol. The molecule has 0 unspecified atom stereocenters. The van der Waals surface area contributed by atoms with Crippen LogP contribution in [0, 0.1) is 6.92 Å². The van der Waals surface area contributed by atoms with Gasteiger partial charge < -0.3 is 0 Å². The second-order valence-corrected chi connectivity index (χ2v) is 11.4. The van der Waals surface area contributed by atoms with Crippen LogP contribution in [0.15, 0.2) is 18.2 Å². The highest BCUT2D eigenvalue weighted by atomic mass is 14.1. The highest BCUT2D eigenvalue weighted by molar-refractivity contribution is 5.32. The molecule has 1 radical (unpaired) electrons.